The Labute approximate surface area is 117 Å². The Morgan fingerprint density at radius 2 is 1.55 bits per heavy atom. The summed E-state index contributed by atoms with van der Waals surface area (Å²) in [6, 6.07) is 9.30. The van der Waals surface area contributed by atoms with Gasteiger partial charge in [0.25, 0.3) is 0 Å². The molecule has 1 atom stereocenters. The third-order valence-electron chi connectivity index (χ3n) is 2.93. The number of benzene rings is 1. The zero-order valence-corrected chi connectivity index (χ0v) is 12.7. The maximum Gasteiger partial charge on any atom is 0.340 e. The average molecular weight is 323 g/mol. The van der Waals surface area contributed by atoms with Gasteiger partial charge in [-0.1, -0.05) is 30.3 Å². The number of rotatable bonds is 7. The predicted molar refractivity (Wildman–Crippen MR) is 75.4 cm³/mol. The fourth-order valence-corrected chi connectivity index (χ4v) is 4.32. The molecule has 0 aromatic heterocycles. The van der Waals surface area contributed by atoms with Gasteiger partial charge in [-0.25, -0.2) is 0 Å². The van der Waals surface area contributed by atoms with Gasteiger partial charge in [0.1, 0.15) is 0 Å². The smallest absolute Gasteiger partial charge is 0.324 e. The van der Waals surface area contributed by atoms with E-state index in [9.17, 15) is 9.13 Å². The topological polar surface area (TPSA) is 127 Å². The largest absolute Gasteiger partial charge is 0.340 e. The minimum Gasteiger partial charge on any atom is -0.324 e. The van der Waals surface area contributed by atoms with E-state index in [0.29, 0.717) is 0 Å². The highest BCUT2D eigenvalue weighted by atomic mass is 31.2. The van der Waals surface area contributed by atoms with E-state index in [2.05, 4.69) is 5.32 Å². The van der Waals surface area contributed by atoms with Crippen LogP contribution in [0.25, 0.3) is 0 Å². The fraction of sp³-hybridized carbons (Fsp3) is 0.455. The van der Waals surface area contributed by atoms with Crippen molar-refractivity contribution in [3.05, 3.63) is 35.9 Å². The third kappa shape index (κ3) is 5.46. The van der Waals surface area contributed by atoms with Gasteiger partial charge in [-0.2, -0.15) is 0 Å². The van der Waals surface area contributed by atoms with Crippen LogP contribution in [0.2, 0.25) is 0 Å². The molecule has 0 saturated carbocycles. The summed E-state index contributed by atoms with van der Waals surface area (Å²) in [6.07, 6.45) is -0.300. The van der Waals surface area contributed by atoms with Crippen LogP contribution in [0, 0.1) is 0 Å². The number of hydrogen-bond donors (Lipinski definition) is 5. The lowest BCUT2D eigenvalue weighted by atomic mass is 10.1. The molecule has 0 spiro atoms. The SMILES string of the molecule is CC(NCCC(P(=O)(O)O)P(=O)(O)O)c1ccccc1. The normalized spacial score (nSPS) is 14.5. The van der Waals surface area contributed by atoms with Gasteiger partial charge < -0.3 is 24.9 Å². The van der Waals surface area contributed by atoms with E-state index in [1.54, 1.807) is 0 Å². The van der Waals surface area contributed by atoms with Crippen molar-refractivity contribution in [2.75, 3.05) is 6.54 Å². The summed E-state index contributed by atoms with van der Waals surface area (Å²) in [6.45, 7) is 1.95. The molecule has 0 saturated heterocycles. The van der Waals surface area contributed by atoms with Crippen LogP contribution in [0.4, 0.5) is 0 Å². The summed E-state index contributed by atoms with van der Waals surface area (Å²) in [7, 11) is -9.66. The molecule has 5 N–H and O–H groups in total. The van der Waals surface area contributed by atoms with Crippen molar-refractivity contribution >= 4 is 15.2 Å². The van der Waals surface area contributed by atoms with Crippen molar-refractivity contribution in [3.8, 4) is 0 Å². The van der Waals surface area contributed by atoms with Crippen molar-refractivity contribution in [2.45, 2.75) is 24.8 Å². The molecular weight excluding hydrogens is 304 g/mol. The van der Waals surface area contributed by atoms with Crippen LogP contribution in [0.5, 0.6) is 0 Å². The van der Waals surface area contributed by atoms with E-state index in [4.69, 9.17) is 19.6 Å². The van der Waals surface area contributed by atoms with Crippen molar-refractivity contribution < 1.29 is 28.7 Å². The van der Waals surface area contributed by atoms with Crippen LogP contribution in [0.15, 0.2) is 30.3 Å². The first kappa shape index (κ1) is 17.5. The molecular formula is C11H19NO6P2. The Kier molecular flexibility index (Phi) is 6.10. The van der Waals surface area contributed by atoms with Gasteiger partial charge in [0.05, 0.1) is 0 Å². The fourth-order valence-electron chi connectivity index (χ4n) is 1.82. The minimum atomic E-state index is -4.83. The quantitative estimate of drug-likeness (QED) is 0.480. The Morgan fingerprint density at radius 1 is 1.05 bits per heavy atom. The Balaban J connectivity index is 2.58. The average Bonchev–Trinajstić information content (AvgIpc) is 2.32. The van der Waals surface area contributed by atoms with Crippen molar-refractivity contribution in [1.82, 2.24) is 5.32 Å². The standard InChI is InChI=1S/C11H19NO6P2/c1-9(10-5-3-2-4-6-10)12-8-7-11(19(13,14)15)20(16,17)18/h2-6,9,11-12H,7-8H2,1H3,(H2,13,14,15)(H2,16,17,18). The molecule has 0 amide bonds. The lowest BCUT2D eigenvalue weighted by Gasteiger charge is -2.21. The zero-order valence-electron chi connectivity index (χ0n) is 11.0. The molecule has 9 heteroatoms. The molecule has 0 aliphatic rings. The van der Waals surface area contributed by atoms with Gasteiger partial charge in [0.2, 0.25) is 0 Å². The molecule has 114 valence electrons. The predicted octanol–water partition coefficient (Wildman–Crippen LogP) is 1.41. The van der Waals surface area contributed by atoms with E-state index in [-0.39, 0.29) is 19.0 Å². The lowest BCUT2D eigenvalue weighted by Crippen LogP contribution is -2.23. The molecule has 1 rings (SSSR count). The lowest BCUT2D eigenvalue weighted by molar-refractivity contribution is 0.333. The van der Waals surface area contributed by atoms with E-state index in [0.717, 1.165) is 5.56 Å². The second-order valence-corrected chi connectivity index (χ2v) is 8.54. The highest BCUT2D eigenvalue weighted by Gasteiger charge is 2.42. The second-order valence-electron chi connectivity index (χ2n) is 4.53. The van der Waals surface area contributed by atoms with Crippen LogP contribution >= 0.6 is 15.2 Å². The first-order valence-corrected chi connectivity index (χ1v) is 9.37. The molecule has 20 heavy (non-hydrogen) atoms. The summed E-state index contributed by atoms with van der Waals surface area (Å²) in [5.74, 6) is 0. The van der Waals surface area contributed by atoms with Crippen LogP contribution in [-0.4, -0.2) is 31.5 Å². The highest BCUT2D eigenvalue weighted by molar-refractivity contribution is 7.70. The maximum absolute atomic E-state index is 11.1. The zero-order chi connectivity index (χ0) is 15.4. The molecule has 0 aliphatic heterocycles. The number of hydrogen-bond acceptors (Lipinski definition) is 3. The van der Waals surface area contributed by atoms with Crippen molar-refractivity contribution in [2.24, 2.45) is 0 Å². The van der Waals surface area contributed by atoms with Crippen molar-refractivity contribution in [1.29, 1.82) is 0 Å². The first-order valence-electron chi connectivity index (χ1n) is 6.01. The van der Waals surface area contributed by atoms with Crippen LogP contribution in [0.3, 0.4) is 0 Å². The van der Waals surface area contributed by atoms with Crippen LogP contribution in [-0.2, 0) is 9.13 Å². The van der Waals surface area contributed by atoms with Gasteiger partial charge >= 0.3 is 15.2 Å². The van der Waals surface area contributed by atoms with Gasteiger partial charge in [0, 0.05) is 6.04 Å². The maximum atomic E-state index is 11.1. The Bertz CT molecular complexity index is 489. The molecule has 0 heterocycles. The number of nitrogens with one attached hydrogen (secondary N) is 1. The molecule has 0 aliphatic carbocycles. The van der Waals surface area contributed by atoms with E-state index in [1.165, 1.54) is 0 Å². The van der Waals surface area contributed by atoms with Gasteiger partial charge in [-0.3, -0.25) is 9.13 Å². The summed E-state index contributed by atoms with van der Waals surface area (Å²) in [5, 5.41) is 1.03. The van der Waals surface area contributed by atoms with Crippen LogP contribution in [0.1, 0.15) is 24.9 Å². The summed E-state index contributed by atoms with van der Waals surface area (Å²) in [5.41, 5.74) is 0.983. The Morgan fingerprint density at radius 3 is 2.00 bits per heavy atom. The molecule has 1 aromatic carbocycles. The first-order chi connectivity index (χ1) is 9.12. The van der Waals surface area contributed by atoms with Gasteiger partial charge in [-0.05, 0) is 25.5 Å². The molecule has 0 fully saturated rings. The molecule has 7 nitrogen and oxygen atoms in total. The molecule has 1 unspecified atom stereocenters. The van der Waals surface area contributed by atoms with E-state index in [1.807, 2.05) is 37.3 Å². The third-order valence-corrected chi connectivity index (χ3v) is 6.80. The summed E-state index contributed by atoms with van der Waals surface area (Å²) >= 11 is 0. The minimum absolute atomic E-state index is 0.0783. The van der Waals surface area contributed by atoms with Gasteiger partial charge in [-0.15, -0.1) is 0 Å². The van der Waals surface area contributed by atoms with E-state index >= 15 is 0 Å². The van der Waals surface area contributed by atoms with E-state index < -0.39 is 20.6 Å². The second kappa shape index (κ2) is 6.96. The van der Waals surface area contributed by atoms with Crippen molar-refractivity contribution in [3.63, 3.8) is 0 Å². The summed E-state index contributed by atoms with van der Waals surface area (Å²) in [4.78, 5) is 35.9. The monoisotopic (exact) mass is 323 g/mol. The molecule has 0 bridgehead atoms. The van der Waals surface area contributed by atoms with Gasteiger partial charge in [0.15, 0.2) is 5.40 Å². The van der Waals surface area contributed by atoms with Crippen LogP contribution < -0.4 is 5.32 Å². The molecule has 0 radical (unpaired) electrons. The summed E-state index contributed by atoms with van der Waals surface area (Å²) < 4.78 is 22.2. The molecule has 1 aromatic rings. The highest BCUT2D eigenvalue weighted by Crippen LogP contribution is 2.61. The Hall–Kier alpha value is -0.520.